The molecule has 1 aliphatic rings. The Hall–Kier alpha value is -2.83. The molecule has 4 rings (SSSR count). The number of rotatable bonds is 3. The van der Waals surface area contributed by atoms with Crippen molar-refractivity contribution < 1.29 is 18.0 Å². The molecule has 3 aromatic rings. The number of carbonyl (C=O) groups excluding carboxylic acids is 1. The summed E-state index contributed by atoms with van der Waals surface area (Å²) in [7, 11) is 0. The number of aromatic nitrogens is 2. The lowest BCUT2D eigenvalue weighted by Gasteiger charge is -2.31. The van der Waals surface area contributed by atoms with Crippen molar-refractivity contribution in [3.05, 3.63) is 54.1 Å². The SMILES string of the molecule is O=C(Cn1ccc2ncc(-c3cc(F)c(F)c(F)c3)cc21)N1CCC1. The molecule has 7 heteroatoms. The summed E-state index contributed by atoms with van der Waals surface area (Å²) in [5, 5.41) is 0. The maximum absolute atomic E-state index is 13.5. The average Bonchev–Trinajstić information content (AvgIpc) is 2.92. The molecule has 2 aromatic heterocycles. The first-order chi connectivity index (χ1) is 12.0. The van der Waals surface area contributed by atoms with Crippen LogP contribution in [0.1, 0.15) is 6.42 Å². The molecule has 0 bridgehead atoms. The van der Waals surface area contributed by atoms with E-state index in [1.807, 2.05) is 0 Å². The van der Waals surface area contributed by atoms with Crippen LogP contribution in [0.4, 0.5) is 13.2 Å². The summed E-state index contributed by atoms with van der Waals surface area (Å²) < 4.78 is 41.8. The van der Waals surface area contributed by atoms with Gasteiger partial charge in [0.2, 0.25) is 5.91 Å². The Morgan fingerprint density at radius 1 is 1.08 bits per heavy atom. The monoisotopic (exact) mass is 345 g/mol. The van der Waals surface area contributed by atoms with Crippen LogP contribution >= 0.6 is 0 Å². The van der Waals surface area contributed by atoms with E-state index in [-0.39, 0.29) is 18.0 Å². The van der Waals surface area contributed by atoms with Crippen molar-refractivity contribution in [1.82, 2.24) is 14.5 Å². The topological polar surface area (TPSA) is 38.1 Å². The van der Waals surface area contributed by atoms with Gasteiger partial charge in [-0.25, -0.2) is 13.2 Å². The minimum Gasteiger partial charge on any atom is -0.341 e. The number of carbonyl (C=O) groups is 1. The number of benzene rings is 1. The third-order valence-electron chi connectivity index (χ3n) is 4.45. The molecule has 1 amide bonds. The predicted octanol–water partition coefficient (Wildman–Crippen LogP) is 3.35. The van der Waals surface area contributed by atoms with E-state index in [1.165, 1.54) is 6.20 Å². The Kier molecular flexibility index (Phi) is 3.71. The standard InChI is InChI=1S/C18H14F3N3O/c19-13-6-11(7-14(20)18(13)21)12-8-16-15(22-9-12)2-5-24(16)10-17(25)23-3-1-4-23/h2,5-9H,1,3-4,10H2. The third-order valence-corrected chi connectivity index (χ3v) is 4.45. The van der Waals surface area contributed by atoms with Crippen LogP contribution in [0.5, 0.6) is 0 Å². The predicted molar refractivity (Wildman–Crippen MR) is 86.2 cm³/mol. The molecule has 1 saturated heterocycles. The van der Waals surface area contributed by atoms with E-state index in [4.69, 9.17) is 0 Å². The lowest BCUT2D eigenvalue weighted by Crippen LogP contribution is -2.43. The van der Waals surface area contributed by atoms with E-state index >= 15 is 0 Å². The first kappa shape index (κ1) is 15.7. The quantitative estimate of drug-likeness (QED) is 0.683. The summed E-state index contributed by atoms with van der Waals surface area (Å²) in [4.78, 5) is 18.2. The van der Waals surface area contributed by atoms with Crippen molar-refractivity contribution in [1.29, 1.82) is 0 Å². The van der Waals surface area contributed by atoms with Gasteiger partial charge in [-0.3, -0.25) is 9.78 Å². The van der Waals surface area contributed by atoms with Crippen molar-refractivity contribution in [3.8, 4) is 11.1 Å². The van der Waals surface area contributed by atoms with Crippen molar-refractivity contribution >= 4 is 16.9 Å². The van der Waals surface area contributed by atoms with Gasteiger partial charge in [-0.2, -0.15) is 0 Å². The van der Waals surface area contributed by atoms with Gasteiger partial charge in [-0.1, -0.05) is 0 Å². The fraction of sp³-hybridized carbons (Fsp3) is 0.222. The highest BCUT2D eigenvalue weighted by Gasteiger charge is 2.21. The molecule has 0 unspecified atom stereocenters. The van der Waals surface area contributed by atoms with Gasteiger partial charge in [-0.15, -0.1) is 0 Å². The second-order valence-corrected chi connectivity index (χ2v) is 6.06. The van der Waals surface area contributed by atoms with Crippen LogP contribution in [-0.4, -0.2) is 33.4 Å². The normalized spacial score (nSPS) is 14.0. The number of hydrogen-bond donors (Lipinski definition) is 0. The van der Waals surface area contributed by atoms with Gasteiger partial charge in [0, 0.05) is 31.0 Å². The van der Waals surface area contributed by atoms with Gasteiger partial charge >= 0.3 is 0 Å². The number of amides is 1. The smallest absolute Gasteiger partial charge is 0.242 e. The van der Waals surface area contributed by atoms with Crippen molar-refractivity contribution in [2.45, 2.75) is 13.0 Å². The van der Waals surface area contributed by atoms with Gasteiger partial charge in [0.15, 0.2) is 17.5 Å². The Balaban J connectivity index is 1.72. The zero-order valence-corrected chi connectivity index (χ0v) is 13.2. The number of likely N-dealkylation sites (tertiary alicyclic amines) is 1. The van der Waals surface area contributed by atoms with Crippen LogP contribution in [-0.2, 0) is 11.3 Å². The molecule has 0 atom stereocenters. The highest BCUT2D eigenvalue weighted by Crippen LogP contribution is 2.26. The number of pyridine rings is 1. The molecular weight excluding hydrogens is 331 g/mol. The minimum absolute atomic E-state index is 0.0213. The maximum Gasteiger partial charge on any atom is 0.242 e. The van der Waals surface area contributed by atoms with Crippen LogP contribution in [0.2, 0.25) is 0 Å². The second kappa shape index (κ2) is 5.91. The lowest BCUT2D eigenvalue weighted by molar-refractivity contribution is -0.135. The molecule has 128 valence electrons. The summed E-state index contributed by atoms with van der Waals surface area (Å²) >= 11 is 0. The largest absolute Gasteiger partial charge is 0.341 e. The zero-order valence-electron chi connectivity index (χ0n) is 13.2. The van der Waals surface area contributed by atoms with E-state index < -0.39 is 17.5 Å². The second-order valence-electron chi connectivity index (χ2n) is 6.06. The fourth-order valence-electron chi connectivity index (χ4n) is 2.89. The summed E-state index contributed by atoms with van der Waals surface area (Å²) in [5.41, 5.74) is 1.98. The van der Waals surface area contributed by atoms with Crippen molar-refractivity contribution in [2.24, 2.45) is 0 Å². The zero-order chi connectivity index (χ0) is 17.6. The molecular formula is C18H14F3N3O. The molecule has 3 heterocycles. The molecule has 1 aromatic carbocycles. The van der Waals surface area contributed by atoms with E-state index in [0.29, 0.717) is 16.6 Å². The van der Waals surface area contributed by atoms with Gasteiger partial charge in [0.25, 0.3) is 0 Å². The Morgan fingerprint density at radius 2 is 1.80 bits per heavy atom. The molecule has 0 saturated carbocycles. The summed E-state index contributed by atoms with van der Waals surface area (Å²) in [6.07, 6.45) is 4.24. The van der Waals surface area contributed by atoms with Gasteiger partial charge in [-0.05, 0) is 36.2 Å². The number of hydrogen-bond acceptors (Lipinski definition) is 2. The Labute approximate surface area is 141 Å². The summed E-state index contributed by atoms with van der Waals surface area (Å²) in [5.74, 6) is -3.98. The molecule has 25 heavy (non-hydrogen) atoms. The van der Waals surface area contributed by atoms with Gasteiger partial charge < -0.3 is 9.47 Å². The average molecular weight is 345 g/mol. The van der Waals surface area contributed by atoms with E-state index in [9.17, 15) is 18.0 Å². The van der Waals surface area contributed by atoms with Crippen LogP contribution in [0.15, 0.2) is 36.7 Å². The van der Waals surface area contributed by atoms with E-state index in [2.05, 4.69) is 4.98 Å². The first-order valence-electron chi connectivity index (χ1n) is 7.90. The third kappa shape index (κ3) is 2.75. The molecule has 1 aliphatic heterocycles. The van der Waals surface area contributed by atoms with Crippen LogP contribution < -0.4 is 0 Å². The minimum atomic E-state index is -1.50. The maximum atomic E-state index is 13.5. The Morgan fingerprint density at radius 3 is 2.44 bits per heavy atom. The van der Waals surface area contributed by atoms with Crippen molar-refractivity contribution in [2.75, 3.05) is 13.1 Å². The van der Waals surface area contributed by atoms with Gasteiger partial charge in [0.05, 0.1) is 11.0 Å². The highest BCUT2D eigenvalue weighted by molar-refractivity contribution is 5.84. The number of fused-ring (bicyclic) bond motifs is 1. The molecule has 4 nitrogen and oxygen atoms in total. The molecule has 0 N–H and O–H groups in total. The first-order valence-corrected chi connectivity index (χ1v) is 7.90. The number of halogens is 3. The van der Waals surface area contributed by atoms with Crippen molar-refractivity contribution in [3.63, 3.8) is 0 Å². The molecule has 0 aliphatic carbocycles. The van der Waals surface area contributed by atoms with Gasteiger partial charge in [0.1, 0.15) is 6.54 Å². The Bertz CT molecular complexity index is 956. The molecule has 0 radical (unpaired) electrons. The van der Waals surface area contributed by atoms with Crippen LogP contribution in [0.3, 0.4) is 0 Å². The lowest BCUT2D eigenvalue weighted by atomic mass is 10.1. The van der Waals surface area contributed by atoms with Crippen LogP contribution in [0, 0.1) is 17.5 Å². The van der Waals surface area contributed by atoms with E-state index in [0.717, 1.165) is 31.6 Å². The molecule has 1 fully saturated rings. The fourth-order valence-corrected chi connectivity index (χ4v) is 2.89. The summed E-state index contributed by atoms with van der Waals surface area (Å²) in [6.45, 7) is 1.73. The summed E-state index contributed by atoms with van der Waals surface area (Å²) in [6, 6.07) is 5.33. The highest BCUT2D eigenvalue weighted by atomic mass is 19.2. The van der Waals surface area contributed by atoms with E-state index in [1.54, 1.807) is 27.8 Å². The van der Waals surface area contributed by atoms with Crippen LogP contribution in [0.25, 0.3) is 22.2 Å². The number of nitrogens with zero attached hydrogens (tertiary/aromatic N) is 3. The molecule has 0 spiro atoms.